The van der Waals surface area contributed by atoms with E-state index < -0.39 is 18.2 Å². The van der Waals surface area contributed by atoms with Crippen LogP contribution in [0.25, 0.3) is 0 Å². The number of halogens is 3. The maximum absolute atomic E-state index is 12.2. The Labute approximate surface area is 113 Å². The first-order valence-electron chi connectivity index (χ1n) is 5.87. The smallest absolute Gasteiger partial charge is 0.466 e. The highest BCUT2D eigenvalue weighted by atomic mass is 19.4. The molecule has 5 nitrogen and oxygen atoms in total. The van der Waals surface area contributed by atoms with Crippen LogP contribution in [0.2, 0.25) is 0 Å². The Morgan fingerprint density at radius 1 is 1.45 bits per heavy atom. The maximum atomic E-state index is 12.2. The Balaban J connectivity index is 3.09. The third kappa shape index (κ3) is 4.69. The van der Waals surface area contributed by atoms with Crippen molar-refractivity contribution in [2.24, 2.45) is 5.73 Å². The van der Waals surface area contributed by atoms with E-state index in [0.29, 0.717) is 11.1 Å². The van der Waals surface area contributed by atoms with Gasteiger partial charge in [0.2, 0.25) is 5.88 Å². The minimum Gasteiger partial charge on any atom is -0.466 e. The average Bonchev–Trinajstić information content (AvgIpc) is 2.26. The highest BCUT2D eigenvalue weighted by Crippen LogP contribution is 2.24. The van der Waals surface area contributed by atoms with Crippen molar-refractivity contribution in [3.8, 4) is 5.88 Å². The molecule has 0 fully saturated rings. The standard InChI is InChI=1S/C12H15F3N2O3/c1-3-19-11(18)5-9-8(6-16)7(2)4-10(17-9)20-12(13,14)15/h4H,3,5-6,16H2,1-2H3. The highest BCUT2D eigenvalue weighted by Gasteiger charge is 2.32. The maximum Gasteiger partial charge on any atom is 0.574 e. The molecule has 0 aliphatic heterocycles. The van der Waals surface area contributed by atoms with Gasteiger partial charge in [0.25, 0.3) is 0 Å². The largest absolute Gasteiger partial charge is 0.574 e. The fraction of sp³-hybridized carbons (Fsp3) is 0.500. The summed E-state index contributed by atoms with van der Waals surface area (Å²) in [4.78, 5) is 15.1. The third-order valence-electron chi connectivity index (χ3n) is 2.45. The molecule has 0 amide bonds. The van der Waals surface area contributed by atoms with Crippen molar-refractivity contribution < 1.29 is 27.4 Å². The predicted molar refractivity (Wildman–Crippen MR) is 63.9 cm³/mol. The van der Waals surface area contributed by atoms with Crippen molar-refractivity contribution in [3.05, 3.63) is 22.9 Å². The van der Waals surface area contributed by atoms with E-state index in [2.05, 4.69) is 9.72 Å². The average molecular weight is 292 g/mol. The molecule has 0 bridgehead atoms. The van der Waals surface area contributed by atoms with Crippen LogP contribution in [0.4, 0.5) is 13.2 Å². The van der Waals surface area contributed by atoms with E-state index in [1.807, 2.05) is 0 Å². The van der Waals surface area contributed by atoms with Gasteiger partial charge in [-0.3, -0.25) is 4.79 Å². The zero-order chi connectivity index (χ0) is 15.3. The van der Waals surface area contributed by atoms with E-state index in [9.17, 15) is 18.0 Å². The molecule has 0 spiro atoms. The Bertz CT molecular complexity index is 490. The first-order chi connectivity index (χ1) is 9.26. The number of pyridine rings is 1. The number of aryl methyl sites for hydroxylation is 1. The first kappa shape index (κ1) is 16.2. The van der Waals surface area contributed by atoms with Gasteiger partial charge in [-0.1, -0.05) is 0 Å². The van der Waals surface area contributed by atoms with Crippen molar-refractivity contribution >= 4 is 5.97 Å². The zero-order valence-corrected chi connectivity index (χ0v) is 11.1. The number of nitrogens with two attached hydrogens (primary N) is 1. The zero-order valence-electron chi connectivity index (χ0n) is 11.1. The lowest BCUT2D eigenvalue weighted by Gasteiger charge is -2.14. The van der Waals surface area contributed by atoms with Gasteiger partial charge in [0.15, 0.2) is 0 Å². The van der Waals surface area contributed by atoms with Gasteiger partial charge < -0.3 is 15.2 Å². The molecule has 20 heavy (non-hydrogen) atoms. The number of alkyl halides is 3. The fourth-order valence-electron chi connectivity index (χ4n) is 1.68. The molecule has 0 aromatic carbocycles. The SMILES string of the molecule is CCOC(=O)Cc1nc(OC(F)(F)F)cc(C)c1CN. The molecule has 0 saturated heterocycles. The van der Waals surface area contributed by atoms with Crippen LogP contribution in [0.3, 0.4) is 0 Å². The molecule has 0 unspecified atom stereocenters. The minimum atomic E-state index is -4.84. The van der Waals surface area contributed by atoms with Crippen molar-refractivity contribution in [1.82, 2.24) is 4.98 Å². The summed E-state index contributed by atoms with van der Waals surface area (Å²) in [5.41, 5.74) is 6.63. The quantitative estimate of drug-likeness (QED) is 0.838. The van der Waals surface area contributed by atoms with Crippen LogP contribution in [-0.2, 0) is 22.5 Å². The molecule has 2 N–H and O–H groups in total. The van der Waals surface area contributed by atoms with Gasteiger partial charge in [0.05, 0.1) is 18.7 Å². The van der Waals surface area contributed by atoms with Gasteiger partial charge in [-0.2, -0.15) is 0 Å². The lowest BCUT2D eigenvalue weighted by Crippen LogP contribution is -2.20. The second-order valence-electron chi connectivity index (χ2n) is 3.94. The number of hydrogen-bond acceptors (Lipinski definition) is 5. The number of carbonyl (C=O) groups is 1. The van der Waals surface area contributed by atoms with Crippen molar-refractivity contribution in [3.63, 3.8) is 0 Å². The van der Waals surface area contributed by atoms with E-state index >= 15 is 0 Å². The number of hydrogen-bond donors (Lipinski definition) is 1. The molecule has 1 heterocycles. The van der Waals surface area contributed by atoms with E-state index in [1.54, 1.807) is 13.8 Å². The van der Waals surface area contributed by atoms with Gasteiger partial charge >= 0.3 is 12.3 Å². The Morgan fingerprint density at radius 3 is 2.60 bits per heavy atom. The molecule has 0 aliphatic carbocycles. The van der Waals surface area contributed by atoms with Gasteiger partial charge in [0, 0.05) is 12.6 Å². The Morgan fingerprint density at radius 2 is 2.10 bits per heavy atom. The summed E-state index contributed by atoms with van der Waals surface area (Å²) in [6, 6.07) is 1.13. The van der Waals surface area contributed by atoms with E-state index in [-0.39, 0.29) is 25.3 Å². The van der Waals surface area contributed by atoms with Crippen LogP contribution in [0, 0.1) is 6.92 Å². The Hall–Kier alpha value is -1.83. The molecule has 112 valence electrons. The number of ether oxygens (including phenoxy) is 2. The molecule has 0 atom stereocenters. The summed E-state index contributed by atoms with van der Waals surface area (Å²) in [6.45, 7) is 3.43. The number of rotatable bonds is 5. The molecule has 0 aliphatic rings. The molecule has 0 radical (unpaired) electrons. The van der Waals surface area contributed by atoms with Crippen LogP contribution in [0.5, 0.6) is 5.88 Å². The van der Waals surface area contributed by atoms with E-state index in [1.165, 1.54) is 0 Å². The molecule has 0 saturated carbocycles. The van der Waals surface area contributed by atoms with Gasteiger partial charge in [-0.05, 0) is 25.0 Å². The lowest BCUT2D eigenvalue weighted by molar-refractivity contribution is -0.276. The van der Waals surface area contributed by atoms with E-state index in [4.69, 9.17) is 10.5 Å². The topological polar surface area (TPSA) is 74.4 Å². The Kier molecular flexibility index (Phi) is 5.32. The normalized spacial score (nSPS) is 11.3. The molecular formula is C12H15F3N2O3. The number of nitrogens with zero attached hydrogens (tertiary/aromatic N) is 1. The second-order valence-corrected chi connectivity index (χ2v) is 3.94. The van der Waals surface area contributed by atoms with Crippen molar-refractivity contribution in [2.45, 2.75) is 33.2 Å². The van der Waals surface area contributed by atoms with Gasteiger partial charge in [-0.25, -0.2) is 4.98 Å². The highest BCUT2D eigenvalue weighted by molar-refractivity contribution is 5.72. The predicted octanol–water partition coefficient (Wildman–Crippen LogP) is 1.85. The van der Waals surface area contributed by atoms with Crippen LogP contribution in [0.1, 0.15) is 23.7 Å². The first-order valence-corrected chi connectivity index (χ1v) is 5.87. The van der Waals surface area contributed by atoms with Crippen LogP contribution >= 0.6 is 0 Å². The monoisotopic (exact) mass is 292 g/mol. The number of esters is 1. The lowest BCUT2D eigenvalue weighted by atomic mass is 10.1. The number of aromatic nitrogens is 1. The number of carbonyl (C=O) groups excluding carboxylic acids is 1. The third-order valence-corrected chi connectivity index (χ3v) is 2.45. The minimum absolute atomic E-state index is 0.0554. The summed E-state index contributed by atoms with van der Waals surface area (Å²) in [5, 5.41) is 0. The van der Waals surface area contributed by atoms with Gasteiger partial charge in [0.1, 0.15) is 0 Å². The van der Waals surface area contributed by atoms with Crippen molar-refractivity contribution in [1.29, 1.82) is 0 Å². The van der Waals surface area contributed by atoms with Crippen LogP contribution < -0.4 is 10.5 Å². The fourth-order valence-corrected chi connectivity index (χ4v) is 1.68. The molecular weight excluding hydrogens is 277 g/mol. The summed E-state index contributed by atoms with van der Waals surface area (Å²) in [6.07, 6.45) is -5.10. The van der Waals surface area contributed by atoms with E-state index in [0.717, 1.165) is 6.07 Å². The van der Waals surface area contributed by atoms with Gasteiger partial charge in [-0.15, -0.1) is 13.2 Å². The molecule has 8 heteroatoms. The van der Waals surface area contributed by atoms with Crippen molar-refractivity contribution in [2.75, 3.05) is 6.61 Å². The second kappa shape index (κ2) is 6.56. The molecule has 1 aromatic heterocycles. The van der Waals surface area contributed by atoms with Crippen LogP contribution in [0.15, 0.2) is 6.07 Å². The summed E-state index contributed by atoms with van der Waals surface area (Å²) in [7, 11) is 0. The summed E-state index contributed by atoms with van der Waals surface area (Å²) < 4.78 is 45.1. The van der Waals surface area contributed by atoms with Crippen LogP contribution in [-0.4, -0.2) is 23.9 Å². The summed E-state index contributed by atoms with van der Waals surface area (Å²) in [5.74, 6) is -1.20. The molecule has 1 aromatic rings. The summed E-state index contributed by atoms with van der Waals surface area (Å²) >= 11 is 0. The molecule has 1 rings (SSSR count).